The van der Waals surface area contributed by atoms with Crippen molar-refractivity contribution in [3.05, 3.63) is 102 Å². The molecular weight excluding hydrogens is 371 g/mol. The minimum absolute atomic E-state index is 0.0183. The lowest BCUT2D eigenvalue weighted by molar-refractivity contribution is 0.0980. The average molecular weight is 390 g/mol. The molecule has 0 heterocycles. The van der Waals surface area contributed by atoms with Gasteiger partial charge >= 0.3 is 0 Å². The molecule has 0 saturated heterocycles. The van der Waals surface area contributed by atoms with Crippen LogP contribution in [0, 0.1) is 16.5 Å². The molecule has 0 radical (unpaired) electrons. The van der Waals surface area contributed by atoms with E-state index in [1.165, 1.54) is 12.1 Å². The minimum atomic E-state index is -0.316. The third kappa shape index (κ3) is 5.21. The number of halogens is 1. The summed E-state index contributed by atoms with van der Waals surface area (Å²) in [5.74, 6) is -0.334. The van der Waals surface area contributed by atoms with E-state index in [4.69, 9.17) is 0 Å². The quantitative estimate of drug-likeness (QED) is 0.388. The van der Waals surface area contributed by atoms with Crippen molar-refractivity contribution in [2.75, 3.05) is 5.32 Å². The molecule has 3 rings (SSSR count). The van der Waals surface area contributed by atoms with Gasteiger partial charge in [0.25, 0.3) is 0 Å². The molecule has 0 spiro atoms. The summed E-state index contributed by atoms with van der Waals surface area (Å²) >= 11 is 1.07. The molecule has 0 fully saturated rings. The molecule has 2 atom stereocenters. The second-order valence-corrected chi connectivity index (χ2v) is 7.30. The number of thiocyanates is 1. The van der Waals surface area contributed by atoms with Crippen LogP contribution in [0.3, 0.4) is 0 Å². The van der Waals surface area contributed by atoms with Gasteiger partial charge in [0, 0.05) is 17.7 Å². The lowest BCUT2D eigenvalue weighted by atomic mass is 9.97. The molecule has 28 heavy (non-hydrogen) atoms. The molecule has 0 aromatic heterocycles. The van der Waals surface area contributed by atoms with Gasteiger partial charge in [-0.05, 0) is 41.6 Å². The van der Waals surface area contributed by atoms with E-state index in [1.54, 1.807) is 24.3 Å². The van der Waals surface area contributed by atoms with Crippen LogP contribution in [0.2, 0.25) is 0 Å². The number of thioether (sulfide) groups is 1. The Kier molecular flexibility index (Phi) is 6.83. The maximum atomic E-state index is 13.3. The van der Waals surface area contributed by atoms with Gasteiger partial charge in [-0.25, -0.2) is 4.39 Å². The molecule has 0 saturated carbocycles. The number of ketones is 1. The molecule has 0 amide bonds. The topological polar surface area (TPSA) is 52.9 Å². The number of nitrogens with zero attached hydrogens (tertiary/aromatic N) is 1. The Labute approximate surface area is 168 Å². The molecular formula is C23H19FN2OS. The maximum absolute atomic E-state index is 13.3. The molecule has 0 aliphatic carbocycles. The number of hydrogen-bond acceptors (Lipinski definition) is 4. The number of rotatable bonds is 8. The van der Waals surface area contributed by atoms with Gasteiger partial charge in [-0.2, -0.15) is 5.26 Å². The molecule has 0 aliphatic rings. The molecule has 1 N–H and O–H groups in total. The number of nitrogens with one attached hydrogen (secondary N) is 1. The van der Waals surface area contributed by atoms with Gasteiger partial charge in [-0.15, -0.1) is 0 Å². The van der Waals surface area contributed by atoms with E-state index in [9.17, 15) is 14.4 Å². The molecule has 5 heteroatoms. The van der Waals surface area contributed by atoms with Crippen LogP contribution in [0.15, 0.2) is 84.9 Å². The first kappa shape index (κ1) is 19.7. The first-order valence-corrected chi connectivity index (χ1v) is 9.75. The van der Waals surface area contributed by atoms with Crippen molar-refractivity contribution in [3.8, 4) is 5.40 Å². The van der Waals surface area contributed by atoms with Crippen molar-refractivity contribution in [2.24, 2.45) is 0 Å². The Hall–Kier alpha value is -3.10. The highest BCUT2D eigenvalue weighted by atomic mass is 32.2. The molecule has 3 aromatic carbocycles. The SMILES string of the molecule is N#CS[C@H](CC(=O)c1ccccc1)[C@@H](Nc1ccc(F)cc1)c1ccccc1. The van der Waals surface area contributed by atoms with E-state index in [0.717, 1.165) is 23.0 Å². The Balaban J connectivity index is 1.89. The molecule has 0 unspecified atom stereocenters. The number of carbonyl (C=O) groups is 1. The minimum Gasteiger partial charge on any atom is -0.377 e. The summed E-state index contributed by atoms with van der Waals surface area (Å²) in [5.41, 5.74) is 2.31. The van der Waals surface area contributed by atoms with E-state index < -0.39 is 0 Å². The maximum Gasteiger partial charge on any atom is 0.164 e. The third-order valence-corrected chi connectivity index (χ3v) is 5.23. The number of hydrogen-bond donors (Lipinski definition) is 1. The van der Waals surface area contributed by atoms with E-state index in [0.29, 0.717) is 5.56 Å². The average Bonchev–Trinajstić information content (AvgIpc) is 2.74. The summed E-state index contributed by atoms with van der Waals surface area (Å²) in [4.78, 5) is 12.8. The number of Topliss-reactive ketones (excluding diaryl/α,β-unsaturated/α-hetero) is 1. The Morgan fingerprint density at radius 2 is 1.57 bits per heavy atom. The fourth-order valence-electron chi connectivity index (χ4n) is 3.00. The molecule has 0 bridgehead atoms. The largest absolute Gasteiger partial charge is 0.377 e. The molecule has 3 nitrogen and oxygen atoms in total. The highest BCUT2D eigenvalue weighted by molar-refractivity contribution is 8.04. The molecule has 3 aromatic rings. The summed E-state index contributed by atoms with van der Waals surface area (Å²) < 4.78 is 13.3. The fourth-order valence-corrected chi connectivity index (χ4v) is 3.73. The molecule has 0 aliphatic heterocycles. The van der Waals surface area contributed by atoms with Crippen LogP contribution in [0.1, 0.15) is 28.4 Å². The zero-order valence-corrected chi connectivity index (χ0v) is 15.9. The van der Waals surface area contributed by atoms with Crippen LogP contribution < -0.4 is 5.32 Å². The predicted octanol–water partition coefficient (Wildman–Crippen LogP) is 5.83. The van der Waals surface area contributed by atoms with Crippen molar-refractivity contribution in [1.29, 1.82) is 5.26 Å². The Bertz CT molecular complexity index is 940. The highest BCUT2D eigenvalue weighted by Gasteiger charge is 2.27. The van der Waals surface area contributed by atoms with Gasteiger partial charge in [0.2, 0.25) is 0 Å². The monoisotopic (exact) mass is 390 g/mol. The van der Waals surface area contributed by atoms with E-state index in [-0.39, 0.29) is 29.3 Å². The molecule has 140 valence electrons. The summed E-state index contributed by atoms with van der Waals surface area (Å²) in [6.45, 7) is 0. The third-order valence-electron chi connectivity index (χ3n) is 4.38. The van der Waals surface area contributed by atoms with Gasteiger partial charge in [0.05, 0.1) is 11.3 Å². The first-order valence-electron chi connectivity index (χ1n) is 8.87. The smallest absolute Gasteiger partial charge is 0.164 e. The number of nitriles is 1. The second kappa shape index (κ2) is 9.72. The van der Waals surface area contributed by atoms with Crippen molar-refractivity contribution in [3.63, 3.8) is 0 Å². The van der Waals surface area contributed by atoms with Gasteiger partial charge < -0.3 is 5.32 Å². The Morgan fingerprint density at radius 3 is 2.18 bits per heavy atom. The standard InChI is InChI=1S/C23H19FN2OS/c24-19-11-13-20(14-12-19)26-23(18-9-5-2-6-10-18)22(28-16-25)15-21(27)17-7-3-1-4-8-17/h1-14,22-23,26H,15H2/t22-,23+/m1/s1. The van der Waals surface area contributed by atoms with Crippen LogP contribution in [0.25, 0.3) is 0 Å². The zero-order valence-electron chi connectivity index (χ0n) is 15.1. The van der Waals surface area contributed by atoms with Crippen LogP contribution in [0.5, 0.6) is 0 Å². The summed E-state index contributed by atoms with van der Waals surface area (Å²) in [6, 6.07) is 24.5. The second-order valence-electron chi connectivity index (χ2n) is 6.28. The normalized spacial score (nSPS) is 12.6. The lowest BCUT2D eigenvalue weighted by Gasteiger charge is -2.27. The summed E-state index contributed by atoms with van der Waals surface area (Å²) in [6.07, 6.45) is 0.204. The Morgan fingerprint density at radius 1 is 0.964 bits per heavy atom. The fraction of sp³-hybridized carbons (Fsp3) is 0.130. The number of carbonyl (C=O) groups excluding carboxylic acids is 1. The number of anilines is 1. The predicted molar refractivity (Wildman–Crippen MR) is 112 cm³/mol. The van der Waals surface area contributed by atoms with E-state index in [2.05, 4.69) is 10.7 Å². The zero-order chi connectivity index (χ0) is 19.8. The van der Waals surface area contributed by atoms with Crippen LogP contribution in [0.4, 0.5) is 10.1 Å². The van der Waals surface area contributed by atoms with Crippen molar-refractivity contribution in [1.82, 2.24) is 0 Å². The van der Waals surface area contributed by atoms with Gasteiger partial charge in [-0.3, -0.25) is 4.79 Å². The lowest BCUT2D eigenvalue weighted by Crippen LogP contribution is -2.25. The van der Waals surface area contributed by atoms with Crippen LogP contribution >= 0.6 is 11.8 Å². The van der Waals surface area contributed by atoms with Crippen molar-refractivity contribution < 1.29 is 9.18 Å². The van der Waals surface area contributed by atoms with Gasteiger partial charge in [0.1, 0.15) is 11.2 Å². The van der Waals surface area contributed by atoms with Gasteiger partial charge in [-0.1, -0.05) is 60.7 Å². The number of benzene rings is 3. The van der Waals surface area contributed by atoms with E-state index >= 15 is 0 Å². The first-order chi connectivity index (χ1) is 13.7. The van der Waals surface area contributed by atoms with Crippen molar-refractivity contribution >= 4 is 23.2 Å². The van der Waals surface area contributed by atoms with Gasteiger partial charge in [0.15, 0.2) is 5.78 Å². The van der Waals surface area contributed by atoms with E-state index in [1.807, 2.05) is 48.5 Å². The van der Waals surface area contributed by atoms with Crippen LogP contribution in [-0.2, 0) is 0 Å². The summed E-state index contributed by atoms with van der Waals surface area (Å²) in [7, 11) is 0. The van der Waals surface area contributed by atoms with Crippen molar-refractivity contribution in [2.45, 2.75) is 17.7 Å². The highest BCUT2D eigenvalue weighted by Crippen LogP contribution is 2.33. The van der Waals surface area contributed by atoms with Crippen LogP contribution in [-0.4, -0.2) is 11.0 Å². The summed E-state index contributed by atoms with van der Waals surface area (Å²) in [5, 5.41) is 14.5.